The molecule has 0 aliphatic carbocycles. The van der Waals surface area contributed by atoms with Crippen LogP contribution in [0.5, 0.6) is 0 Å². The van der Waals surface area contributed by atoms with E-state index in [1.54, 1.807) is 0 Å². The molecule has 0 saturated carbocycles. The highest BCUT2D eigenvalue weighted by molar-refractivity contribution is 7.12. The van der Waals surface area contributed by atoms with Crippen molar-refractivity contribution in [3.05, 3.63) is 64.5 Å². The summed E-state index contributed by atoms with van der Waals surface area (Å²) in [5, 5.41) is 3.11. The number of ketones is 1. The van der Waals surface area contributed by atoms with Gasteiger partial charge >= 0.3 is 0 Å². The third kappa shape index (κ3) is 2.78. The SMILES string of the molecule is O=C(CCCc1cccc2cccnc12)c1cccs1. The molecular formula is C17H15NOS. The summed E-state index contributed by atoms with van der Waals surface area (Å²) in [6, 6.07) is 14.1. The Morgan fingerprint density at radius 3 is 2.85 bits per heavy atom. The summed E-state index contributed by atoms with van der Waals surface area (Å²) in [7, 11) is 0. The molecule has 0 unspecified atom stereocenters. The second-order valence-electron chi connectivity index (χ2n) is 4.75. The van der Waals surface area contributed by atoms with Gasteiger partial charge in [0.1, 0.15) is 0 Å². The smallest absolute Gasteiger partial charge is 0.172 e. The van der Waals surface area contributed by atoms with Crippen molar-refractivity contribution in [2.75, 3.05) is 0 Å². The molecule has 3 rings (SSSR count). The monoisotopic (exact) mass is 281 g/mol. The number of fused-ring (bicyclic) bond motifs is 1. The second kappa shape index (κ2) is 5.97. The zero-order valence-electron chi connectivity index (χ0n) is 11.1. The Balaban J connectivity index is 1.67. The summed E-state index contributed by atoms with van der Waals surface area (Å²) in [6.45, 7) is 0. The minimum Gasteiger partial charge on any atom is -0.293 e. The summed E-state index contributed by atoms with van der Waals surface area (Å²) in [5.41, 5.74) is 2.28. The third-order valence-corrected chi connectivity index (χ3v) is 4.27. The number of aromatic nitrogens is 1. The fraction of sp³-hybridized carbons (Fsp3) is 0.176. The van der Waals surface area contributed by atoms with Crippen LogP contribution in [0, 0.1) is 0 Å². The van der Waals surface area contributed by atoms with E-state index in [1.807, 2.05) is 29.8 Å². The predicted octanol–water partition coefficient (Wildman–Crippen LogP) is 4.50. The first kappa shape index (κ1) is 13.0. The molecule has 0 atom stereocenters. The van der Waals surface area contributed by atoms with Gasteiger partial charge in [-0.05, 0) is 35.9 Å². The van der Waals surface area contributed by atoms with Gasteiger partial charge in [0.25, 0.3) is 0 Å². The van der Waals surface area contributed by atoms with Crippen molar-refractivity contribution in [3.63, 3.8) is 0 Å². The molecule has 3 aromatic rings. The lowest BCUT2D eigenvalue weighted by atomic mass is 10.0. The minimum atomic E-state index is 0.244. The van der Waals surface area contributed by atoms with Gasteiger partial charge in [-0.1, -0.05) is 30.3 Å². The van der Waals surface area contributed by atoms with Crippen molar-refractivity contribution >= 4 is 28.0 Å². The minimum absolute atomic E-state index is 0.244. The number of hydrogen-bond acceptors (Lipinski definition) is 3. The van der Waals surface area contributed by atoms with Gasteiger partial charge in [-0.25, -0.2) is 0 Å². The molecule has 100 valence electrons. The zero-order chi connectivity index (χ0) is 13.8. The van der Waals surface area contributed by atoms with Crippen molar-refractivity contribution in [1.29, 1.82) is 0 Å². The molecule has 2 aromatic heterocycles. The third-order valence-electron chi connectivity index (χ3n) is 3.36. The van der Waals surface area contributed by atoms with Crippen LogP contribution in [0.4, 0.5) is 0 Å². The van der Waals surface area contributed by atoms with Gasteiger partial charge in [0, 0.05) is 18.0 Å². The number of Topliss-reactive ketones (excluding diaryl/α,β-unsaturated/α-hetero) is 1. The molecule has 20 heavy (non-hydrogen) atoms. The van der Waals surface area contributed by atoms with Gasteiger partial charge in [-0.2, -0.15) is 0 Å². The van der Waals surface area contributed by atoms with E-state index in [2.05, 4.69) is 29.2 Å². The Kier molecular flexibility index (Phi) is 3.88. The maximum Gasteiger partial charge on any atom is 0.172 e. The Labute approximate surface area is 122 Å². The fourth-order valence-electron chi connectivity index (χ4n) is 2.37. The first-order valence-electron chi connectivity index (χ1n) is 6.74. The highest BCUT2D eigenvalue weighted by Gasteiger charge is 2.07. The fourth-order valence-corrected chi connectivity index (χ4v) is 3.06. The summed E-state index contributed by atoms with van der Waals surface area (Å²) >= 11 is 1.52. The molecule has 0 saturated heterocycles. The molecule has 3 heteroatoms. The number of benzene rings is 1. The number of pyridine rings is 1. The number of carbonyl (C=O) groups is 1. The van der Waals surface area contributed by atoms with E-state index in [1.165, 1.54) is 16.9 Å². The molecule has 0 aliphatic heterocycles. The van der Waals surface area contributed by atoms with Crippen LogP contribution >= 0.6 is 11.3 Å². The molecule has 2 nitrogen and oxygen atoms in total. The van der Waals surface area contributed by atoms with Crippen molar-refractivity contribution in [3.8, 4) is 0 Å². The number of rotatable bonds is 5. The Morgan fingerprint density at radius 2 is 2.00 bits per heavy atom. The van der Waals surface area contributed by atoms with Crippen molar-refractivity contribution < 1.29 is 4.79 Å². The molecule has 0 amide bonds. The maximum absolute atomic E-state index is 12.0. The molecule has 0 radical (unpaired) electrons. The molecule has 0 N–H and O–H groups in total. The highest BCUT2D eigenvalue weighted by Crippen LogP contribution is 2.19. The Hall–Kier alpha value is -2.00. The summed E-state index contributed by atoms with van der Waals surface area (Å²) in [4.78, 5) is 17.3. The number of nitrogens with zero attached hydrogens (tertiary/aromatic N) is 1. The van der Waals surface area contributed by atoms with Crippen LogP contribution in [0.2, 0.25) is 0 Å². The number of aryl methyl sites for hydroxylation is 1. The number of thiophene rings is 1. The van der Waals surface area contributed by atoms with Crippen LogP contribution < -0.4 is 0 Å². The molecule has 1 aromatic carbocycles. The van der Waals surface area contributed by atoms with E-state index in [0.717, 1.165) is 28.6 Å². The molecule has 0 aliphatic rings. The van der Waals surface area contributed by atoms with Gasteiger partial charge in [0.15, 0.2) is 5.78 Å². The zero-order valence-corrected chi connectivity index (χ0v) is 11.9. The van der Waals surface area contributed by atoms with Crippen molar-refractivity contribution in [2.45, 2.75) is 19.3 Å². The predicted molar refractivity (Wildman–Crippen MR) is 83.3 cm³/mol. The van der Waals surface area contributed by atoms with Crippen LogP contribution in [-0.2, 0) is 6.42 Å². The van der Waals surface area contributed by atoms with Gasteiger partial charge in [0.2, 0.25) is 0 Å². The first-order valence-corrected chi connectivity index (χ1v) is 7.62. The molecule has 0 fully saturated rings. The van der Waals surface area contributed by atoms with Gasteiger partial charge < -0.3 is 0 Å². The molecule has 0 bridgehead atoms. The van der Waals surface area contributed by atoms with E-state index >= 15 is 0 Å². The lowest BCUT2D eigenvalue weighted by Gasteiger charge is -2.05. The highest BCUT2D eigenvalue weighted by atomic mass is 32.1. The maximum atomic E-state index is 12.0. The van der Waals surface area contributed by atoms with Crippen molar-refractivity contribution in [1.82, 2.24) is 4.98 Å². The van der Waals surface area contributed by atoms with Gasteiger partial charge in [-0.15, -0.1) is 11.3 Å². The average molecular weight is 281 g/mol. The summed E-state index contributed by atoms with van der Waals surface area (Å²) < 4.78 is 0. The Bertz CT molecular complexity index is 713. The largest absolute Gasteiger partial charge is 0.293 e. The number of para-hydroxylation sites is 1. The summed E-state index contributed by atoms with van der Waals surface area (Å²) in [6.07, 6.45) is 4.18. The summed E-state index contributed by atoms with van der Waals surface area (Å²) in [5.74, 6) is 0.244. The molecule has 0 spiro atoms. The van der Waals surface area contributed by atoms with E-state index in [4.69, 9.17) is 0 Å². The van der Waals surface area contributed by atoms with Crippen LogP contribution in [0.1, 0.15) is 28.1 Å². The van der Waals surface area contributed by atoms with Crippen LogP contribution in [0.3, 0.4) is 0 Å². The first-order chi connectivity index (χ1) is 9.84. The van der Waals surface area contributed by atoms with Gasteiger partial charge in [-0.3, -0.25) is 9.78 Å². The standard InChI is InChI=1S/C17H15NOS/c19-15(16-10-4-12-20-16)9-2-7-13-5-1-6-14-8-3-11-18-17(13)14/h1,3-6,8,10-12H,2,7,9H2. The lowest BCUT2D eigenvalue weighted by molar-refractivity contribution is 0.0984. The van der Waals surface area contributed by atoms with Crippen LogP contribution in [-0.4, -0.2) is 10.8 Å². The van der Waals surface area contributed by atoms with E-state index in [0.29, 0.717) is 6.42 Å². The van der Waals surface area contributed by atoms with E-state index < -0.39 is 0 Å². The number of hydrogen-bond donors (Lipinski definition) is 0. The quantitative estimate of drug-likeness (QED) is 0.644. The molecular weight excluding hydrogens is 266 g/mol. The van der Waals surface area contributed by atoms with Crippen LogP contribution in [0.25, 0.3) is 10.9 Å². The topological polar surface area (TPSA) is 30.0 Å². The normalized spacial score (nSPS) is 10.8. The van der Waals surface area contributed by atoms with Crippen molar-refractivity contribution in [2.24, 2.45) is 0 Å². The molecule has 2 heterocycles. The van der Waals surface area contributed by atoms with E-state index in [9.17, 15) is 4.79 Å². The lowest BCUT2D eigenvalue weighted by Crippen LogP contribution is -1.98. The number of carbonyl (C=O) groups excluding carboxylic acids is 1. The van der Waals surface area contributed by atoms with Crippen LogP contribution in [0.15, 0.2) is 54.0 Å². The average Bonchev–Trinajstić information content (AvgIpc) is 3.02. The second-order valence-corrected chi connectivity index (χ2v) is 5.69. The van der Waals surface area contributed by atoms with Gasteiger partial charge in [0.05, 0.1) is 10.4 Å². The Morgan fingerprint density at radius 1 is 1.10 bits per heavy atom. The van der Waals surface area contributed by atoms with E-state index in [-0.39, 0.29) is 5.78 Å².